The van der Waals surface area contributed by atoms with Crippen molar-refractivity contribution in [1.82, 2.24) is 9.97 Å². The molecule has 0 bridgehead atoms. The van der Waals surface area contributed by atoms with Gasteiger partial charge in [-0.1, -0.05) is 18.2 Å². The molecular formula is C13H12N4S. The summed E-state index contributed by atoms with van der Waals surface area (Å²) in [5.74, 6) is 5.83. The Bertz CT molecular complexity index is 705. The Morgan fingerprint density at radius 1 is 1.22 bits per heavy atom. The Balaban J connectivity index is 2.22. The van der Waals surface area contributed by atoms with Gasteiger partial charge in [-0.05, 0) is 19.1 Å². The van der Waals surface area contributed by atoms with Crippen LogP contribution in [0.3, 0.4) is 0 Å². The molecule has 3 rings (SSSR count). The first-order chi connectivity index (χ1) is 8.78. The summed E-state index contributed by atoms with van der Waals surface area (Å²) in [5.41, 5.74) is 5.41. The fourth-order valence-electron chi connectivity index (χ4n) is 1.95. The first-order valence-corrected chi connectivity index (χ1v) is 6.45. The van der Waals surface area contributed by atoms with Crippen molar-refractivity contribution in [2.45, 2.75) is 6.92 Å². The van der Waals surface area contributed by atoms with Gasteiger partial charge in [0.2, 0.25) is 5.95 Å². The van der Waals surface area contributed by atoms with Crippen LogP contribution in [0.5, 0.6) is 0 Å². The molecule has 0 fully saturated rings. The van der Waals surface area contributed by atoms with E-state index in [1.807, 2.05) is 25.1 Å². The molecule has 0 amide bonds. The number of aryl methyl sites for hydroxylation is 1. The summed E-state index contributed by atoms with van der Waals surface area (Å²) in [6.45, 7) is 1.93. The molecule has 90 valence electrons. The van der Waals surface area contributed by atoms with E-state index < -0.39 is 0 Å². The van der Waals surface area contributed by atoms with Crippen molar-refractivity contribution in [2.24, 2.45) is 5.84 Å². The first kappa shape index (κ1) is 11.1. The second-order valence-electron chi connectivity index (χ2n) is 4.01. The van der Waals surface area contributed by atoms with Crippen LogP contribution in [0.1, 0.15) is 5.69 Å². The number of nitrogen functional groups attached to an aromatic ring is 1. The third kappa shape index (κ3) is 1.83. The van der Waals surface area contributed by atoms with Crippen molar-refractivity contribution in [3.05, 3.63) is 41.4 Å². The maximum Gasteiger partial charge on any atom is 0.237 e. The molecule has 18 heavy (non-hydrogen) atoms. The minimum atomic E-state index is 0.445. The summed E-state index contributed by atoms with van der Waals surface area (Å²) >= 11 is 1.72. The van der Waals surface area contributed by atoms with Gasteiger partial charge in [0.25, 0.3) is 0 Å². The van der Waals surface area contributed by atoms with Crippen molar-refractivity contribution in [3.8, 4) is 11.3 Å². The fourth-order valence-corrected chi connectivity index (χ4v) is 2.90. The molecule has 0 saturated carbocycles. The standard InChI is InChI=1S/C13H12N4S/c1-8-6-11(16-13(15-8)17-14)10-7-18-12-5-3-2-4-9(10)12/h2-7H,14H2,1H3,(H,15,16,17). The summed E-state index contributed by atoms with van der Waals surface area (Å²) in [5, 5.41) is 3.33. The lowest BCUT2D eigenvalue weighted by atomic mass is 10.1. The van der Waals surface area contributed by atoms with Crippen LogP contribution in [0.15, 0.2) is 35.7 Å². The van der Waals surface area contributed by atoms with Gasteiger partial charge >= 0.3 is 0 Å². The summed E-state index contributed by atoms with van der Waals surface area (Å²) in [6.07, 6.45) is 0. The molecule has 3 aromatic rings. The molecular weight excluding hydrogens is 244 g/mol. The molecule has 0 spiro atoms. The quantitative estimate of drug-likeness (QED) is 0.546. The normalized spacial score (nSPS) is 10.8. The molecule has 0 saturated heterocycles. The average molecular weight is 256 g/mol. The summed E-state index contributed by atoms with van der Waals surface area (Å²) < 4.78 is 1.26. The van der Waals surface area contributed by atoms with Crippen LogP contribution in [-0.4, -0.2) is 9.97 Å². The van der Waals surface area contributed by atoms with E-state index in [9.17, 15) is 0 Å². The number of rotatable bonds is 2. The van der Waals surface area contributed by atoms with E-state index in [1.165, 1.54) is 10.1 Å². The van der Waals surface area contributed by atoms with E-state index in [0.717, 1.165) is 17.0 Å². The van der Waals surface area contributed by atoms with Crippen LogP contribution in [-0.2, 0) is 0 Å². The zero-order valence-electron chi connectivity index (χ0n) is 9.84. The van der Waals surface area contributed by atoms with E-state index in [-0.39, 0.29) is 0 Å². The largest absolute Gasteiger partial charge is 0.292 e. The number of benzene rings is 1. The predicted molar refractivity (Wildman–Crippen MR) is 75.4 cm³/mol. The number of hydrazine groups is 1. The Morgan fingerprint density at radius 3 is 2.89 bits per heavy atom. The molecule has 1 aromatic carbocycles. The molecule has 5 heteroatoms. The first-order valence-electron chi connectivity index (χ1n) is 5.57. The van der Waals surface area contributed by atoms with Crippen molar-refractivity contribution >= 4 is 27.4 Å². The lowest BCUT2D eigenvalue weighted by molar-refractivity contribution is 1.08. The Morgan fingerprint density at radius 2 is 2.06 bits per heavy atom. The number of aromatic nitrogens is 2. The highest BCUT2D eigenvalue weighted by molar-refractivity contribution is 7.17. The van der Waals surface area contributed by atoms with E-state index in [4.69, 9.17) is 5.84 Å². The zero-order valence-corrected chi connectivity index (χ0v) is 10.7. The van der Waals surface area contributed by atoms with Crippen molar-refractivity contribution < 1.29 is 0 Å². The molecule has 2 aromatic heterocycles. The van der Waals surface area contributed by atoms with Crippen molar-refractivity contribution in [1.29, 1.82) is 0 Å². The number of hydrogen-bond donors (Lipinski definition) is 2. The highest BCUT2D eigenvalue weighted by Gasteiger charge is 2.09. The number of nitrogens with two attached hydrogens (primary N) is 1. The van der Waals surface area contributed by atoms with Crippen LogP contribution >= 0.6 is 11.3 Å². The van der Waals surface area contributed by atoms with Gasteiger partial charge < -0.3 is 0 Å². The maximum atomic E-state index is 5.38. The molecule has 2 heterocycles. The van der Waals surface area contributed by atoms with Gasteiger partial charge in [0.05, 0.1) is 5.69 Å². The lowest BCUT2D eigenvalue weighted by Crippen LogP contribution is -2.11. The highest BCUT2D eigenvalue weighted by Crippen LogP contribution is 2.33. The van der Waals surface area contributed by atoms with Crippen molar-refractivity contribution in [3.63, 3.8) is 0 Å². The number of thiophene rings is 1. The molecule has 0 unspecified atom stereocenters. The van der Waals surface area contributed by atoms with Gasteiger partial charge in [0.1, 0.15) is 0 Å². The minimum absolute atomic E-state index is 0.445. The lowest BCUT2D eigenvalue weighted by Gasteiger charge is -2.04. The highest BCUT2D eigenvalue weighted by atomic mass is 32.1. The van der Waals surface area contributed by atoms with Gasteiger partial charge in [0, 0.05) is 26.7 Å². The summed E-state index contributed by atoms with van der Waals surface area (Å²) in [6, 6.07) is 10.3. The van der Waals surface area contributed by atoms with Crippen LogP contribution in [0, 0.1) is 6.92 Å². The van der Waals surface area contributed by atoms with E-state index in [2.05, 4.69) is 32.9 Å². The van der Waals surface area contributed by atoms with Crippen molar-refractivity contribution in [2.75, 3.05) is 5.43 Å². The molecule has 3 N–H and O–H groups in total. The monoisotopic (exact) mass is 256 g/mol. The topological polar surface area (TPSA) is 63.8 Å². The SMILES string of the molecule is Cc1cc(-c2csc3ccccc23)nc(NN)n1. The third-order valence-electron chi connectivity index (χ3n) is 2.74. The molecule has 4 nitrogen and oxygen atoms in total. The smallest absolute Gasteiger partial charge is 0.237 e. The molecule has 0 radical (unpaired) electrons. The summed E-state index contributed by atoms with van der Waals surface area (Å²) in [7, 11) is 0. The number of fused-ring (bicyclic) bond motifs is 1. The Hall–Kier alpha value is -1.98. The molecule has 0 aliphatic rings. The minimum Gasteiger partial charge on any atom is -0.292 e. The third-order valence-corrected chi connectivity index (χ3v) is 3.70. The Kier molecular flexibility index (Phi) is 2.70. The average Bonchev–Trinajstić information content (AvgIpc) is 2.81. The molecule has 0 aliphatic heterocycles. The van der Waals surface area contributed by atoms with E-state index in [0.29, 0.717) is 5.95 Å². The molecule has 0 atom stereocenters. The van der Waals surface area contributed by atoms with Gasteiger partial charge in [-0.25, -0.2) is 15.8 Å². The van der Waals surface area contributed by atoms with Gasteiger partial charge in [-0.15, -0.1) is 11.3 Å². The summed E-state index contributed by atoms with van der Waals surface area (Å²) in [4.78, 5) is 8.60. The number of hydrogen-bond acceptors (Lipinski definition) is 5. The maximum absolute atomic E-state index is 5.38. The van der Waals surface area contributed by atoms with Crippen LogP contribution < -0.4 is 11.3 Å². The fraction of sp³-hybridized carbons (Fsp3) is 0.0769. The van der Waals surface area contributed by atoms with Crippen LogP contribution in [0.25, 0.3) is 21.3 Å². The van der Waals surface area contributed by atoms with Crippen LogP contribution in [0.4, 0.5) is 5.95 Å². The van der Waals surface area contributed by atoms with Crippen LogP contribution in [0.2, 0.25) is 0 Å². The van der Waals surface area contributed by atoms with Gasteiger partial charge in [-0.2, -0.15) is 0 Å². The van der Waals surface area contributed by atoms with Gasteiger partial charge in [0.15, 0.2) is 0 Å². The number of anilines is 1. The number of nitrogens with one attached hydrogen (secondary N) is 1. The zero-order chi connectivity index (χ0) is 12.5. The second kappa shape index (κ2) is 4.36. The number of nitrogens with zero attached hydrogens (tertiary/aromatic N) is 2. The van der Waals surface area contributed by atoms with E-state index in [1.54, 1.807) is 11.3 Å². The van der Waals surface area contributed by atoms with Gasteiger partial charge in [-0.3, -0.25) is 5.43 Å². The predicted octanol–water partition coefficient (Wildman–Crippen LogP) is 2.95. The van der Waals surface area contributed by atoms with E-state index >= 15 is 0 Å². The Labute approximate surface area is 108 Å². The molecule has 0 aliphatic carbocycles. The second-order valence-corrected chi connectivity index (χ2v) is 4.92.